The van der Waals surface area contributed by atoms with Crippen LogP contribution in [0.4, 0.5) is 0 Å². The minimum atomic E-state index is -3.53. The van der Waals surface area contributed by atoms with E-state index < -0.39 is 10.0 Å². The van der Waals surface area contributed by atoms with Crippen molar-refractivity contribution in [2.45, 2.75) is 56.1 Å². The molecule has 1 N–H and O–H groups in total. The van der Waals surface area contributed by atoms with Gasteiger partial charge in [0.1, 0.15) is 0 Å². The van der Waals surface area contributed by atoms with E-state index in [0.29, 0.717) is 36.6 Å². The second-order valence-corrected chi connectivity index (χ2v) is 9.85. The van der Waals surface area contributed by atoms with Crippen LogP contribution in [0.1, 0.15) is 36.0 Å². The van der Waals surface area contributed by atoms with E-state index in [1.807, 2.05) is 24.3 Å². The summed E-state index contributed by atoms with van der Waals surface area (Å²) in [6.45, 7) is 1.49. The van der Waals surface area contributed by atoms with Crippen LogP contribution in [0.15, 0.2) is 53.4 Å². The molecule has 6 heteroatoms. The Kier molecular flexibility index (Phi) is 4.75. The Morgan fingerprint density at radius 2 is 1.86 bits per heavy atom. The summed E-state index contributed by atoms with van der Waals surface area (Å²) in [5.74, 6) is 0.946. The van der Waals surface area contributed by atoms with Crippen LogP contribution in [0.5, 0.6) is 0 Å². The van der Waals surface area contributed by atoms with Crippen LogP contribution in [-0.4, -0.2) is 20.6 Å². The first-order valence-corrected chi connectivity index (χ1v) is 11.4. The Bertz CT molecular complexity index is 960. The van der Waals surface area contributed by atoms with Crippen LogP contribution >= 0.6 is 0 Å². The predicted molar refractivity (Wildman–Crippen MR) is 105 cm³/mol. The fourth-order valence-corrected chi connectivity index (χ4v) is 6.49. The lowest BCUT2D eigenvalue weighted by molar-refractivity contribution is 0.0428. The van der Waals surface area contributed by atoms with Gasteiger partial charge in [0.25, 0.3) is 0 Å². The van der Waals surface area contributed by atoms with E-state index in [0.717, 1.165) is 30.4 Å². The molecule has 2 saturated carbocycles. The van der Waals surface area contributed by atoms with Crippen LogP contribution in [0.3, 0.4) is 0 Å². The van der Waals surface area contributed by atoms with E-state index in [2.05, 4.69) is 16.9 Å². The molecule has 5 rings (SSSR count). The van der Waals surface area contributed by atoms with E-state index in [4.69, 9.17) is 9.47 Å². The van der Waals surface area contributed by atoms with Crippen molar-refractivity contribution in [2.75, 3.05) is 0 Å². The minimum absolute atomic E-state index is 0.0125. The molecule has 148 valence electrons. The molecule has 2 aliphatic carbocycles. The summed E-state index contributed by atoms with van der Waals surface area (Å²) in [5.41, 5.74) is 2.96. The van der Waals surface area contributed by atoms with Crippen molar-refractivity contribution in [3.8, 4) is 0 Å². The SMILES string of the molecule is O=S(=O)(NC1C[C@@H]2CC(OCc3ccccc3)C[C@H]12)c1cccc2c1COC2. The molecular formula is C22H25NO4S. The molecule has 0 radical (unpaired) electrons. The lowest BCUT2D eigenvalue weighted by Gasteiger charge is -2.40. The molecular weight excluding hydrogens is 374 g/mol. The van der Waals surface area contributed by atoms with Gasteiger partial charge in [0.15, 0.2) is 0 Å². The smallest absolute Gasteiger partial charge is 0.241 e. The number of hydrogen-bond acceptors (Lipinski definition) is 4. The fourth-order valence-electron chi connectivity index (χ4n) is 4.92. The first-order valence-electron chi connectivity index (χ1n) is 9.96. The zero-order valence-corrected chi connectivity index (χ0v) is 16.5. The molecule has 28 heavy (non-hydrogen) atoms. The highest BCUT2D eigenvalue weighted by atomic mass is 32.2. The lowest BCUT2D eigenvalue weighted by Crippen LogP contribution is -2.50. The van der Waals surface area contributed by atoms with Crippen molar-refractivity contribution in [1.29, 1.82) is 0 Å². The van der Waals surface area contributed by atoms with Crippen molar-refractivity contribution in [3.63, 3.8) is 0 Å². The average molecular weight is 400 g/mol. The van der Waals surface area contributed by atoms with Crippen LogP contribution in [0.25, 0.3) is 0 Å². The number of hydrogen-bond donors (Lipinski definition) is 1. The molecule has 1 aliphatic heterocycles. The van der Waals surface area contributed by atoms with Gasteiger partial charge in [-0.15, -0.1) is 0 Å². The van der Waals surface area contributed by atoms with Gasteiger partial charge in [-0.3, -0.25) is 0 Å². The van der Waals surface area contributed by atoms with E-state index in [1.54, 1.807) is 12.1 Å². The van der Waals surface area contributed by atoms with Crippen molar-refractivity contribution in [2.24, 2.45) is 11.8 Å². The van der Waals surface area contributed by atoms with Gasteiger partial charge in [-0.2, -0.15) is 0 Å². The van der Waals surface area contributed by atoms with E-state index in [1.165, 1.54) is 5.56 Å². The van der Waals surface area contributed by atoms with Gasteiger partial charge in [-0.05, 0) is 48.3 Å². The largest absolute Gasteiger partial charge is 0.374 e. The van der Waals surface area contributed by atoms with Crippen molar-refractivity contribution < 1.29 is 17.9 Å². The standard InChI is InChI=1S/C22H25NO4S/c24-28(25,22-8-4-7-16-13-26-14-20(16)22)23-21-10-17-9-18(11-19(17)21)27-12-15-5-2-1-3-6-15/h1-8,17-19,21,23H,9-14H2/t17-,18?,19-,21?/m0/s1. The average Bonchev–Trinajstić information content (AvgIpc) is 3.29. The summed E-state index contributed by atoms with van der Waals surface area (Å²) in [5, 5.41) is 0. The third-order valence-electron chi connectivity index (χ3n) is 6.44. The highest BCUT2D eigenvalue weighted by Crippen LogP contribution is 2.48. The van der Waals surface area contributed by atoms with Crippen LogP contribution < -0.4 is 4.72 Å². The van der Waals surface area contributed by atoms with E-state index in [9.17, 15) is 8.42 Å². The molecule has 0 aromatic heterocycles. The molecule has 0 saturated heterocycles. The highest BCUT2D eigenvalue weighted by Gasteiger charge is 2.49. The third-order valence-corrected chi connectivity index (χ3v) is 8.01. The summed E-state index contributed by atoms with van der Waals surface area (Å²) in [4.78, 5) is 0.376. The molecule has 1 heterocycles. The van der Waals surface area contributed by atoms with Crippen LogP contribution in [0.2, 0.25) is 0 Å². The monoisotopic (exact) mass is 399 g/mol. The van der Waals surface area contributed by atoms with Gasteiger partial charge in [0, 0.05) is 11.6 Å². The Hall–Kier alpha value is -1.73. The van der Waals surface area contributed by atoms with Crippen molar-refractivity contribution >= 4 is 10.0 Å². The summed E-state index contributed by atoms with van der Waals surface area (Å²) < 4.78 is 40.5. The number of benzene rings is 2. The van der Waals surface area contributed by atoms with E-state index >= 15 is 0 Å². The van der Waals surface area contributed by atoms with Gasteiger partial charge in [-0.25, -0.2) is 13.1 Å². The Labute approximate surface area is 166 Å². The molecule has 4 atom stereocenters. The third kappa shape index (κ3) is 3.39. The Morgan fingerprint density at radius 3 is 2.71 bits per heavy atom. The summed E-state index contributed by atoms with van der Waals surface area (Å²) in [7, 11) is -3.53. The number of sulfonamides is 1. The zero-order chi connectivity index (χ0) is 19.1. The number of nitrogens with one attached hydrogen (secondary N) is 1. The second-order valence-electron chi connectivity index (χ2n) is 8.16. The normalized spacial score (nSPS) is 28.6. The number of rotatable bonds is 6. The zero-order valence-electron chi connectivity index (χ0n) is 15.7. The molecule has 3 aliphatic rings. The maximum Gasteiger partial charge on any atom is 0.241 e. The van der Waals surface area contributed by atoms with Crippen molar-refractivity contribution in [3.05, 3.63) is 65.2 Å². The maximum atomic E-state index is 13.0. The molecule has 2 unspecified atom stereocenters. The summed E-state index contributed by atoms with van der Waals surface area (Å²) >= 11 is 0. The topological polar surface area (TPSA) is 64.6 Å². The molecule has 2 fully saturated rings. The Morgan fingerprint density at radius 1 is 1.00 bits per heavy atom. The number of ether oxygens (including phenoxy) is 2. The molecule has 2 aromatic rings. The van der Waals surface area contributed by atoms with E-state index in [-0.39, 0.29) is 12.1 Å². The molecule has 5 nitrogen and oxygen atoms in total. The van der Waals surface area contributed by atoms with Gasteiger partial charge in [0.05, 0.1) is 30.8 Å². The van der Waals surface area contributed by atoms with Crippen molar-refractivity contribution in [1.82, 2.24) is 4.72 Å². The first kappa shape index (κ1) is 18.3. The second kappa shape index (κ2) is 7.26. The fraction of sp³-hybridized carbons (Fsp3) is 0.455. The van der Waals surface area contributed by atoms with Crippen LogP contribution in [0, 0.1) is 11.8 Å². The maximum absolute atomic E-state index is 13.0. The van der Waals surface area contributed by atoms with Gasteiger partial charge < -0.3 is 9.47 Å². The first-order chi connectivity index (χ1) is 13.6. The quantitative estimate of drug-likeness (QED) is 0.809. The molecule has 0 amide bonds. The summed E-state index contributed by atoms with van der Waals surface area (Å²) in [6, 6.07) is 15.6. The summed E-state index contributed by atoms with van der Waals surface area (Å²) in [6.07, 6.45) is 3.09. The lowest BCUT2D eigenvalue weighted by atomic mass is 9.72. The Balaban J connectivity index is 1.21. The predicted octanol–water partition coefficient (Wildman–Crippen LogP) is 3.38. The van der Waals surface area contributed by atoms with Gasteiger partial charge in [0.2, 0.25) is 10.0 Å². The van der Waals surface area contributed by atoms with Crippen LogP contribution in [-0.2, 0) is 39.3 Å². The minimum Gasteiger partial charge on any atom is -0.374 e. The highest BCUT2D eigenvalue weighted by molar-refractivity contribution is 7.89. The van der Waals surface area contributed by atoms with Gasteiger partial charge in [-0.1, -0.05) is 42.5 Å². The molecule has 0 bridgehead atoms. The molecule has 2 aromatic carbocycles. The van der Waals surface area contributed by atoms with Gasteiger partial charge >= 0.3 is 0 Å². The number of fused-ring (bicyclic) bond motifs is 2. The molecule has 0 spiro atoms.